The van der Waals surface area contributed by atoms with E-state index in [4.69, 9.17) is 0 Å². The molecule has 3 nitrogen and oxygen atoms in total. The average Bonchev–Trinajstić information content (AvgIpc) is 2.34. The molecule has 116 valence electrons. The van der Waals surface area contributed by atoms with Gasteiger partial charge in [0.2, 0.25) is 0 Å². The predicted octanol–water partition coefficient (Wildman–Crippen LogP) is 2.80. The van der Waals surface area contributed by atoms with E-state index in [0.29, 0.717) is 5.78 Å². The van der Waals surface area contributed by atoms with Gasteiger partial charge in [-0.15, -0.1) is 0 Å². The number of ketones is 1. The van der Waals surface area contributed by atoms with Crippen molar-refractivity contribution in [1.29, 1.82) is 0 Å². The number of piperazine rings is 1. The van der Waals surface area contributed by atoms with Crippen molar-refractivity contribution in [2.45, 2.75) is 59.4 Å². The molecule has 2 aliphatic rings. The van der Waals surface area contributed by atoms with Gasteiger partial charge >= 0.3 is 0 Å². The summed E-state index contributed by atoms with van der Waals surface area (Å²) in [5.74, 6) is 0.780. The van der Waals surface area contributed by atoms with Crippen molar-refractivity contribution < 1.29 is 4.79 Å². The number of Topliss-reactive ketones (excluding diaryl/α,β-unsaturated/α-hetero) is 1. The molecule has 1 saturated carbocycles. The number of rotatable bonds is 2. The van der Waals surface area contributed by atoms with Crippen LogP contribution in [-0.4, -0.2) is 53.8 Å². The zero-order valence-electron chi connectivity index (χ0n) is 14.0. The van der Waals surface area contributed by atoms with Crippen molar-refractivity contribution in [1.82, 2.24) is 9.80 Å². The first-order chi connectivity index (χ1) is 9.20. The molecule has 3 heteroatoms. The van der Waals surface area contributed by atoms with Gasteiger partial charge in [-0.3, -0.25) is 9.69 Å². The second-order valence-electron chi connectivity index (χ2n) is 8.30. The average molecular weight is 280 g/mol. The second-order valence-corrected chi connectivity index (χ2v) is 8.30. The summed E-state index contributed by atoms with van der Waals surface area (Å²) in [4.78, 5) is 17.6. The highest BCUT2D eigenvalue weighted by Gasteiger charge is 2.38. The molecule has 2 fully saturated rings. The zero-order chi connectivity index (χ0) is 15.0. The maximum Gasteiger partial charge on any atom is 0.142 e. The topological polar surface area (TPSA) is 23.6 Å². The van der Waals surface area contributed by atoms with Crippen molar-refractivity contribution in [3.05, 3.63) is 0 Å². The van der Waals surface area contributed by atoms with Crippen LogP contribution in [0, 0.1) is 11.3 Å². The van der Waals surface area contributed by atoms with Gasteiger partial charge in [0.15, 0.2) is 0 Å². The number of hydrogen-bond acceptors (Lipinski definition) is 3. The molecule has 1 heterocycles. The molecular weight excluding hydrogens is 248 g/mol. The summed E-state index contributed by atoms with van der Waals surface area (Å²) in [6.07, 6.45) is 3.38. The third kappa shape index (κ3) is 3.62. The quantitative estimate of drug-likeness (QED) is 0.777. The lowest BCUT2D eigenvalue weighted by atomic mass is 9.71. The Morgan fingerprint density at radius 2 is 1.75 bits per heavy atom. The maximum absolute atomic E-state index is 12.5. The normalized spacial score (nSPS) is 29.6. The molecule has 2 rings (SSSR count). The minimum absolute atomic E-state index is 0.0872. The standard InChI is InChI=1S/C17H32N2O/c1-16(2,3)19-11-9-18(10-12-19)13-14-7-6-8-17(4,5)15(14)20/h14H,6-13H2,1-5H3. The monoisotopic (exact) mass is 280 g/mol. The molecule has 0 spiro atoms. The van der Waals surface area contributed by atoms with Gasteiger partial charge in [-0.25, -0.2) is 0 Å². The van der Waals surface area contributed by atoms with Gasteiger partial charge in [-0.2, -0.15) is 0 Å². The zero-order valence-corrected chi connectivity index (χ0v) is 14.0. The summed E-state index contributed by atoms with van der Waals surface area (Å²) < 4.78 is 0. The maximum atomic E-state index is 12.5. The highest BCUT2D eigenvalue weighted by Crippen LogP contribution is 2.35. The van der Waals surface area contributed by atoms with Crippen LogP contribution < -0.4 is 0 Å². The fraction of sp³-hybridized carbons (Fsp3) is 0.941. The Hall–Kier alpha value is -0.410. The van der Waals surface area contributed by atoms with Gasteiger partial charge in [0, 0.05) is 49.6 Å². The predicted molar refractivity (Wildman–Crippen MR) is 83.9 cm³/mol. The minimum Gasteiger partial charge on any atom is -0.300 e. The van der Waals surface area contributed by atoms with Crippen LogP contribution in [0.2, 0.25) is 0 Å². The number of nitrogens with zero attached hydrogens (tertiary/aromatic N) is 2. The van der Waals surface area contributed by atoms with Gasteiger partial charge in [0.05, 0.1) is 0 Å². The molecule has 20 heavy (non-hydrogen) atoms. The van der Waals surface area contributed by atoms with Crippen LogP contribution in [0.1, 0.15) is 53.9 Å². The van der Waals surface area contributed by atoms with E-state index in [-0.39, 0.29) is 16.9 Å². The van der Waals surface area contributed by atoms with Gasteiger partial charge in [-0.05, 0) is 33.6 Å². The summed E-state index contributed by atoms with van der Waals surface area (Å²) in [5.41, 5.74) is 0.185. The molecule has 0 amide bonds. The summed E-state index contributed by atoms with van der Waals surface area (Å²) in [6.45, 7) is 16.6. The molecule has 0 aromatic rings. The third-order valence-electron chi connectivity index (χ3n) is 5.19. The van der Waals surface area contributed by atoms with Crippen LogP contribution in [-0.2, 0) is 4.79 Å². The van der Waals surface area contributed by atoms with E-state index in [9.17, 15) is 4.79 Å². The number of hydrogen-bond donors (Lipinski definition) is 0. The van der Waals surface area contributed by atoms with E-state index in [1.165, 1.54) is 6.42 Å². The smallest absolute Gasteiger partial charge is 0.142 e. The highest BCUT2D eigenvalue weighted by atomic mass is 16.1. The summed E-state index contributed by atoms with van der Waals surface area (Å²) in [7, 11) is 0. The molecule has 0 radical (unpaired) electrons. The number of carbonyl (C=O) groups is 1. The Labute approximate surface area is 124 Å². The summed E-state index contributed by atoms with van der Waals surface area (Å²) in [6, 6.07) is 0. The van der Waals surface area contributed by atoms with Gasteiger partial charge in [0.1, 0.15) is 5.78 Å². The Bertz CT molecular complexity index is 348. The van der Waals surface area contributed by atoms with Crippen LogP contribution in [0.25, 0.3) is 0 Å². The van der Waals surface area contributed by atoms with Crippen molar-refractivity contribution in [3.63, 3.8) is 0 Å². The van der Waals surface area contributed by atoms with Crippen molar-refractivity contribution >= 4 is 5.78 Å². The fourth-order valence-electron chi connectivity index (χ4n) is 3.68. The van der Waals surface area contributed by atoms with E-state index >= 15 is 0 Å². The van der Waals surface area contributed by atoms with E-state index in [0.717, 1.165) is 45.6 Å². The van der Waals surface area contributed by atoms with E-state index < -0.39 is 0 Å². The van der Waals surface area contributed by atoms with Crippen molar-refractivity contribution in [2.24, 2.45) is 11.3 Å². The molecule has 1 saturated heterocycles. The van der Waals surface area contributed by atoms with Crippen molar-refractivity contribution in [2.75, 3.05) is 32.7 Å². The van der Waals surface area contributed by atoms with E-state index in [1.807, 2.05) is 0 Å². The molecular formula is C17H32N2O. The Morgan fingerprint density at radius 3 is 2.30 bits per heavy atom. The Kier molecular flexibility index (Phi) is 4.60. The first-order valence-electron chi connectivity index (χ1n) is 8.22. The highest BCUT2D eigenvalue weighted by molar-refractivity contribution is 5.87. The summed E-state index contributed by atoms with van der Waals surface area (Å²) >= 11 is 0. The van der Waals surface area contributed by atoms with Crippen LogP contribution in [0.5, 0.6) is 0 Å². The fourth-order valence-corrected chi connectivity index (χ4v) is 3.68. The van der Waals surface area contributed by atoms with E-state index in [2.05, 4.69) is 44.4 Å². The molecule has 0 bridgehead atoms. The third-order valence-corrected chi connectivity index (χ3v) is 5.19. The van der Waals surface area contributed by atoms with Gasteiger partial charge < -0.3 is 4.90 Å². The lowest BCUT2D eigenvalue weighted by Crippen LogP contribution is -2.54. The molecule has 1 atom stereocenters. The molecule has 1 aliphatic heterocycles. The molecule has 1 aliphatic carbocycles. The molecule has 1 unspecified atom stereocenters. The summed E-state index contributed by atoms with van der Waals surface area (Å²) in [5, 5.41) is 0. The molecule has 0 aromatic carbocycles. The Balaban J connectivity index is 1.85. The SMILES string of the molecule is CC1(C)CCCC(CN2CCN(C(C)(C)C)CC2)C1=O. The molecule has 0 aromatic heterocycles. The van der Waals surface area contributed by atoms with Crippen LogP contribution in [0.4, 0.5) is 0 Å². The van der Waals surface area contributed by atoms with Crippen LogP contribution >= 0.6 is 0 Å². The van der Waals surface area contributed by atoms with E-state index in [1.54, 1.807) is 0 Å². The minimum atomic E-state index is -0.0872. The van der Waals surface area contributed by atoms with Crippen LogP contribution in [0.15, 0.2) is 0 Å². The van der Waals surface area contributed by atoms with Crippen LogP contribution in [0.3, 0.4) is 0 Å². The second kappa shape index (κ2) is 5.76. The first-order valence-corrected chi connectivity index (χ1v) is 8.22. The van der Waals surface area contributed by atoms with Gasteiger partial charge in [-0.1, -0.05) is 20.3 Å². The lowest BCUT2D eigenvalue weighted by molar-refractivity contribution is -0.135. The Morgan fingerprint density at radius 1 is 1.15 bits per heavy atom. The van der Waals surface area contributed by atoms with Crippen molar-refractivity contribution in [3.8, 4) is 0 Å². The largest absolute Gasteiger partial charge is 0.300 e. The molecule has 0 N–H and O–H groups in total. The first kappa shape index (κ1) is 16.0. The van der Waals surface area contributed by atoms with Gasteiger partial charge in [0.25, 0.3) is 0 Å². The lowest BCUT2D eigenvalue weighted by Gasteiger charge is -2.44. The number of carbonyl (C=O) groups excluding carboxylic acids is 1.